The van der Waals surface area contributed by atoms with Gasteiger partial charge in [-0.1, -0.05) is 0 Å². The van der Waals surface area contributed by atoms with Crippen LogP contribution >= 0.6 is 15.9 Å². The van der Waals surface area contributed by atoms with Gasteiger partial charge in [-0.15, -0.1) is 0 Å². The lowest BCUT2D eigenvalue weighted by Gasteiger charge is -2.08. The van der Waals surface area contributed by atoms with Gasteiger partial charge in [0, 0.05) is 11.8 Å². The van der Waals surface area contributed by atoms with E-state index in [0.29, 0.717) is 4.60 Å². The number of benzene rings is 1. The van der Waals surface area contributed by atoms with Crippen LogP contribution in [-0.2, 0) is 0 Å². The molecule has 0 N–H and O–H groups in total. The van der Waals surface area contributed by atoms with Crippen LogP contribution in [0.15, 0.2) is 34.9 Å². The average molecular weight is 354 g/mol. The van der Waals surface area contributed by atoms with Crippen molar-refractivity contribution in [3.63, 3.8) is 0 Å². The Hall–Kier alpha value is -2.55. The Labute approximate surface area is 126 Å². The maximum Gasteiger partial charge on any atom is 0.318 e. The Morgan fingerprint density at radius 2 is 1.76 bits per heavy atom. The molecule has 0 atom stereocenters. The third kappa shape index (κ3) is 3.31. The van der Waals surface area contributed by atoms with Crippen LogP contribution < -0.4 is 4.74 Å². The second-order valence-corrected chi connectivity index (χ2v) is 4.76. The fourth-order valence-electron chi connectivity index (χ4n) is 1.56. The van der Waals surface area contributed by atoms with E-state index in [1.807, 2.05) is 0 Å². The van der Waals surface area contributed by atoms with Crippen molar-refractivity contribution in [2.45, 2.75) is 6.92 Å². The van der Waals surface area contributed by atoms with Crippen molar-refractivity contribution in [2.24, 2.45) is 0 Å². The van der Waals surface area contributed by atoms with Crippen LogP contribution in [0.4, 0.5) is 11.4 Å². The van der Waals surface area contributed by atoms with Gasteiger partial charge in [-0.3, -0.25) is 20.2 Å². The first-order valence-corrected chi connectivity index (χ1v) is 6.41. The van der Waals surface area contributed by atoms with Crippen molar-refractivity contribution in [2.75, 3.05) is 0 Å². The van der Waals surface area contributed by atoms with Crippen LogP contribution in [0.2, 0.25) is 0 Å². The van der Waals surface area contributed by atoms with E-state index in [0.717, 1.165) is 17.8 Å². The molecule has 0 spiro atoms. The molecule has 1 aromatic heterocycles. The van der Waals surface area contributed by atoms with E-state index in [1.54, 1.807) is 19.1 Å². The zero-order chi connectivity index (χ0) is 15.6. The molecule has 0 aliphatic carbocycles. The minimum atomic E-state index is -0.738. The van der Waals surface area contributed by atoms with E-state index in [4.69, 9.17) is 4.74 Å². The van der Waals surface area contributed by atoms with E-state index in [9.17, 15) is 20.2 Å². The first-order valence-electron chi connectivity index (χ1n) is 5.62. The lowest BCUT2D eigenvalue weighted by atomic mass is 10.2. The second kappa shape index (κ2) is 5.83. The first-order chi connectivity index (χ1) is 9.88. The molecular formula is C12H8BrN3O5. The molecule has 0 amide bonds. The molecule has 2 rings (SSSR count). The van der Waals surface area contributed by atoms with E-state index in [1.165, 1.54) is 6.07 Å². The predicted octanol–water partition coefficient (Wildman–Crippen LogP) is 3.76. The largest absolute Gasteiger partial charge is 0.447 e. The summed E-state index contributed by atoms with van der Waals surface area (Å²) >= 11 is 3.19. The number of hydrogen-bond acceptors (Lipinski definition) is 6. The van der Waals surface area contributed by atoms with Gasteiger partial charge in [0.25, 0.3) is 5.69 Å². The molecular weight excluding hydrogens is 346 g/mol. The maximum atomic E-state index is 11.0. The highest BCUT2D eigenvalue weighted by molar-refractivity contribution is 9.10. The van der Waals surface area contributed by atoms with Crippen LogP contribution in [0, 0.1) is 27.2 Å². The third-order valence-corrected chi connectivity index (χ3v) is 3.09. The highest BCUT2D eigenvalue weighted by Crippen LogP contribution is 2.36. The summed E-state index contributed by atoms with van der Waals surface area (Å²) in [6.07, 6.45) is 0. The normalized spacial score (nSPS) is 10.2. The summed E-state index contributed by atoms with van der Waals surface area (Å²) < 4.78 is 5.80. The van der Waals surface area contributed by atoms with E-state index < -0.39 is 15.5 Å². The van der Waals surface area contributed by atoms with Crippen LogP contribution in [0.5, 0.6) is 11.5 Å². The van der Waals surface area contributed by atoms with Crippen molar-refractivity contribution in [1.29, 1.82) is 0 Å². The summed E-state index contributed by atoms with van der Waals surface area (Å²) in [5, 5.41) is 21.7. The van der Waals surface area contributed by atoms with E-state index in [2.05, 4.69) is 20.9 Å². The summed E-state index contributed by atoms with van der Waals surface area (Å²) in [5.41, 5.74) is -0.126. The smallest absolute Gasteiger partial charge is 0.318 e. The Bertz CT molecular complexity index is 735. The molecule has 1 heterocycles. The molecule has 0 radical (unpaired) electrons. The fourth-order valence-corrected chi connectivity index (χ4v) is 2.05. The minimum Gasteiger partial charge on any atom is -0.447 e. The number of hydrogen-bond donors (Lipinski definition) is 0. The molecule has 8 nitrogen and oxygen atoms in total. The van der Waals surface area contributed by atoms with Gasteiger partial charge in [0.05, 0.1) is 15.9 Å². The lowest BCUT2D eigenvalue weighted by Crippen LogP contribution is -1.97. The number of non-ortho nitro benzene ring substituents is 1. The number of ether oxygens (including phenoxy) is 1. The number of nitro benzene ring substituents is 2. The van der Waals surface area contributed by atoms with Gasteiger partial charge in [-0.2, -0.15) is 0 Å². The van der Waals surface area contributed by atoms with Crippen LogP contribution in [0.3, 0.4) is 0 Å². The number of nitrogens with zero attached hydrogens (tertiary/aromatic N) is 3. The van der Waals surface area contributed by atoms with Crippen molar-refractivity contribution in [3.05, 3.63) is 60.9 Å². The molecule has 0 bridgehead atoms. The molecule has 0 aliphatic rings. The average Bonchev–Trinajstić information content (AvgIpc) is 2.41. The summed E-state index contributed by atoms with van der Waals surface area (Å²) in [5.74, 6) is 0.175. The first kappa shape index (κ1) is 14.9. The summed E-state index contributed by atoms with van der Waals surface area (Å²) in [4.78, 5) is 24.3. The van der Waals surface area contributed by atoms with Gasteiger partial charge in [0.1, 0.15) is 4.60 Å². The highest BCUT2D eigenvalue weighted by Gasteiger charge is 2.21. The summed E-state index contributed by atoms with van der Waals surface area (Å²) in [7, 11) is 0. The molecule has 0 saturated carbocycles. The Morgan fingerprint density at radius 1 is 1.10 bits per heavy atom. The van der Waals surface area contributed by atoms with Crippen molar-refractivity contribution < 1.29 is 14.6 Å². The van der Waals surface area contributed by atoms with Gasteiger partial charge in [-0.25, -0.2) is 4.98 Å². The van der Waals surface area contributed by atoms with Crippen molar-refractivity contribution in [1.82, 2.24) is 4.98 Å². The van der Waals surface area contributed by atoms with Crippen molar-refractivity contribution >= 4 is 27.3 Å². The minimum absolute atomic E-state index is 0.100. The lowest BCUT2D eigenvalue weighted by molar-refractivity contribution is -0.394. The molecule has 108 valence electrons. The SMILES string of the molecule is Cc1ccc(Oc2ccc([N+](=O)[O-])cc2[N+](=O)[O-])c(Br)n1. The molecule has 1 aromatic carbocycles. The van der Waals surface area contributed by atoms with E-state index in [-0.39, 0.29) is 17.2 Å². The molecule has 0 fully saturated rings. The van der Waals surface area contributed by atoms with Gasteiger partial charge in [0.15, 0.2) is 5.75 Å². The maximum absolute atomic E-state index is 11.0. The zero-order valence-electron chi connectivity index (χ0n) is 10.6. The quantitative estimate of drug-likeness (QED) is 0.470. The molecule has 0 aliphatic heterocycles. The number of pyridine rings is 1. The standard InChI is InChI=1S/C12H8BrN3O5/c1-7-2-4-11(12(13)14-7)21-10-5-3-8(15(17)18)6-9(10)16(19)20/h2-6H,1H3. The summed E-state index contributed by atoms with van der Waals surface area (Å²) in [6, 6.07) is 6.44. The molecule has 0 unspecified atom stereocenters. The topological polar surface area (TPSA) is 108 Å². The number of aromatic nitrogens is 1. The third-order valence-electron chi connectivity index (χ3n) is 2.52. The van der Waals surface area contributed by atoms with Crippen molar-refractivity contribution in [3.8, 4) is 11.5 Å². The van der Waals surface area contributed by atoms with Gasteiger partial charge in [0.2, 0.25) is 5.75 Å². The fraction of sp³-hybridized carbons (Fsp3) is 0.0833. The summed E-state index contributed by atoms with van der Waals surface area (Å²) in [6.45, 7) is 1.78. The highest BCUT2D eigenvalue weighted by atomic mass is 79.9. The van der Waals surface area contributed by atoms with Crippen LogP contribution in [-0.4, -0.2) is 14.8 Å². The molecule has 0 saturated heterocycles. The van der Waals surface area contributed by atoms with Gasteiger partial charge < -0.3 is 4.74 Å². The van der Waals surface area contributed by atoms with E-state index >= 15 is 0 Å². The van der Waals surface area contributed by atoms with Crippen LogP contribution in [0.25, 0.3) is 0 Å². The molecule has 2 aromatic rings. The molecule has 9 heteroatoms. The number of aryl methyl sites for hydroxylation is 1. The zero-order valence-corrected chi connectivity index (χ0v) is 12.2. The van der Waals surface area contributed by atoms with Crippen LogP contribution in [0.1, 0.15) is 5.69 Å². The Balaban J connectivity index is 2.44. The second-order valence-electron chi connectivity index (χ2n) is 4.01. The number of halogens is 1. The van der Waals surface area contributed by atoms with Gasteiger partial charge in [-0.05, 0) is 41.1 Å². The Kier molecular flexibility index (Phi) is 4.13. The molecule has 21 heavy (non-hydrogen) atoms. The number of rotatable bonds is 4. The predicted molar refractivity (Wildman–Crippen MR) is 76.5 cm³/mol. The van der Waals surface area contributed by atoms with Gasteiger partial charge >= 0.3 is 5.69 Å². The Morgan fingerprint density at radius 3 is 2.33 bits per heavy atom. The monoisotopic (exact) mass is 353 g/mol. The number of nitro groups is 2.